The summed E-state index contributed by atoms with van der Waals surface area (Å²) in [5, 5.41) is 9.86. The molecular weight excluding hydrogens is 254 g/mol. The van der Waals surface area contributed by atoms with Crippen LogP contribution >= 0.6 is 0 Å². The highest BCUT2D eigenvalue weighted by Crippen LogP contribution is 2.09. The molecule has 0 aromatic carbocycles. The highest BCUT2D eigenvalue weighted by Gasteiger charge is 2.21. The van der Waals surface area contributed by atoms with Gasteiger partial charge in [-0.15, -0.1) is 0 Å². The number of ether oxygens (including phenoxy) is 1. The molecule has 1 fully saturated rings. The van der Waals surface area contributed by atoms with E-state index in [1.807, 2.05) is 20.8 Å². The molecule has 2 unspecified atom stereocenters. The van der Waals surface area contributed by atoms with E-state index in [2.05, 4.69) is 29.8 Å². The van der Waals surface area contributed by atoms with Crippen LogP contribution in [0.25, 0.3) is 0 Å². The van der Waals surface area contributed by atoms with Gasteiger partial charge in [-0.2, -0.15) is 0 Å². The van der Waals surface area contributed by atoms with Crippen molar-refractivity contribution in [2.24, 2.45) is 5.92 Å². The lowest BCUT2D eigenvalue weighted by Gasteiger charge is -2.26. The number of carbonyl (C=O) groups excluding carboxylic acids is 1. The Balaban J connectivity index is 2.37. The summed E-state index contributed by atoms with van der Waals surface area (Å²) in [5.41, 5.74) is -0.444. The van der Waals surface area contributed by atoms with E-state index in [1.165, 1.54) is 0 Å². The van der Waals surface area contributed by atoms with Gasteiger partial charge in [-0.3, -0.25) is 0 Å². The second kappa shape index (κ2) is 7.84. The van der Waals surface area contributed by atoms with Crippen LogP contribution in [-0.2, 0) is 4.74 Å². The van der Waals surface area contributed by atoms with Crippen molar-refractivity contribution in [1.82, 2.24) is 16.0 Å². The average Bonchev–Trinajstić information content (AvgIpc) is 2.75. The SMILES string of the molecule is CC(C)CC(CNC(=O)OC(C)(C)C)NC1CCNC1. The first-order chi connectivity index (χ1) is 9.26. The first kappa shape index (κ1) is 17.2. The summed E-state index contributed by atoms with van der Waals surface area (Å²) in [6, 6.07) is 0.812. The van der Waals surface area contributed by atoms with E-state index >= 15 is 0 Å². The Bertz CT molecular complexity index is 294. The van der Waals surface area contributed by atoms with Crippen LogP contribution in [0.15, 0.2) is 0 Å². The smallest absolute Gasteiger partial charge is 0.407 e. The van der Waals surface area contributed by atoms with Crippen LogP contribution in [0.4, 0.5) is 4.79 Å². The molecule has 2 atom stereocenters. The average molecular weight is 285 g/mol. The normalized spacial score (nSPS) is 21.0. The standard InChI is InChI=1S/C15H31N3O2/c1-11(2)8-13(18-12-6-7-16-9-12)10-17-14(19)20-15(3,4)5/h11-13,16,18H,6-10H2,1-5H3,(H,17,19). The van der Waals surface area contributed by atoms with Gasteiger partial charge in [0.25, 0.3) is 0 Å². The predicted octanol–water partition coefficient (Wildman–Crippen LogP) is 1.88. The zero-order chi connectivity index (χ0) is 15.2. The molecule has 0 saturated carbocycles. The van der Waals surface area contributed by atoms with Crippen molar-refractivity contribution < 1.29 is 9.53 Å². The summed E-state index contributed by atoms with van der Waals surface area (Å²) in [5.74, 6) is 0.599. The highest BCUT2D eigenvalue weighted by atomic mass is 16.6. The number of nitrogens with one attached hydrogen (secondary N) is 3. The largest absolute Gasteiger partial charge is 0.444 e. The van der Waals surface area contributed by atoms with E-state index in [0.717, 1.165) is 25.9 Å². The van der Waals surface area contributed by atoms with Crippen LogP contribution in [-0.4, -0.2) is 43.4 Å². The third-order valence-corrected chi connectivity index (χ3v) is 3.18. The van der Waals surface area contributed by atoms with Gasteiger partial charge in [-0.1, -0.05) is 13.8 Å². The van der Waals surface area contributed by atoms with E-state index in [9.17, 15) is 4.79 Å². The summed E-state index contributed by atoms with van der Waals surface area (Å²) in [7, 11) is 0. The minimum absolute atomic E-state index is 0.299. The van der Waals surface area contributed by atoms with Crippen molar-refractivity contribution in [3.05, 3.63) is 0 Å². The summed E-state index contributed by atoms with van der Waals surface area (Å²) < 4.78 is 5.27. The molecule has 0 radical (unpaired) electrons. The first-order valence-corrected chi connectivity index (χ1v) is 7.70. The maximum Gasteiger partial charge on any atom is 0.407 e. The van der Waals surface area contributed by atoms with Crippen molar-refractivity contribution in [1.29, 1.82) is 0 Å². The Morgan fingerprint density at radius 1 is 1.40 bits per heavy atom. The Morgan fingerprint density at radius 2 is 2.10 bits per heavy atom. The van der Waals surface area contributed by atoms with Gasteiger partial charge in [0.1, 0.15) is 5.60 Å². The van der Waals surface area contributed by atoms with Gasteiger partial charge in [-0.05, 0) is 46.1 Å². The molecule has 20 heavy (non-hydrogen) atoms. The molecule has 0 bridgehead atoms. The number of hydrogen-bond donors (Lipinski definition) is 3. The fourth-order valence-electron chi connectivity index (χ4n) is 2.43. The molecule has 0 aliphatic carbocycles. The van der Waals surface area contributed by atoms with Gasteiger partial charge < -0.3 is 20.7 Å². The van der Waals surface area contributed by atoms with Crippen LogP contribution < -0.4 is 16.0 Å². The Morgan fingerprint density at radius 3 is 2.60 bits per heavy atom. The Labute approximate surface area is 123 Å². The third-order valence-electron chi connectivity index (χ3n) is 3.18. The molecule has 0 aromatic heterocycles. The van der Waals surface area contributed by atoms with Crippen molar-refractivity contribution in [2.45, 2.75) is 65.1 Å². The Hall–Kier alpha value is -0.810. The van der Waals surface area contributed by atoms with Crippen molar-refractivity contribution >= 4 is 6.09 Å². The highest BCUT2D eigenvalue weighted by molar-refractivity contribution is 5.67. The molecule has 5 nitrogen and oxygen atoms in total. The molecule has 0 spiro atoms. The minimum Gasteiger partial charge on any atom is -0.444 e. The van der Waals surface area contributed by atoms with Gasteiger partial charge >= 0.3 is 6.09 Å². The molecule has 1 saturated heterocycles. The molecule has 1 amide bonds. The summed E-state index contributed by atoms with van der Waals surface area (Å²) in [6.45, 7) is 12.7. The van der Waals surface area contributed by atoms with Crippen LogP contribution in [0.1, 0.15) is 47.5 Å². The van der Waals surface area contributed by atoms with Gasteiger partial charge in [-0.25, -0.2) is 4.79 Å². The zero-order valence-corrected chi connectivity index (χ0v) is 13.6. The van der Waals surface area contributed by atoms with E-state index in [-0.39, 0.29) is 6.09 Å². The van der Waals surface area contributed by atoms with Crippen molar-refractivity contribution in [3.8, 4) is 0 Å². The maximum atomic E-state index is 11.7. The first-order valence-electron chi connectivity index (χ1n) is 7.70. The monoisotopic (exact) mass is 285 g/mol. The lowest BCUT2D eigenvalue weighted by Crippen LogP contribution is -2.47. The van der Waals surface area contributed by atoms with E-state index in [4.69, 9.17) is 4.74 Å². The number of rotatable bonds is 6. The topological polar surface area (TPSA) is 62.4 Å². The molecule has 118 valence electrons. The number of amides is 1. The van der Waals surface area contributed by atoms with E-state index in [0.29, 0.717) is 24.5 Å². The van der Waals surface area contributed by atoms with Crippen LogP contribution in [0.3, 0.4) is 0 Å². The second-order valence-corrected chi connectivity index (χ2v) is 7.07. The minimum atomic E-state index is -0.444. The molecule has 5 heteroatoms. The maximum absolute atomic E-state index is 11.7. The quantitative estimate of drug-likeness (QED) is 0.697. The van der Waals surface area contributed by atoms with Gasteiger partial charge in [0.05, 0.1) is 0 Å². The molecule has 1 heterocycles. The molecule has 1 aliphatic rings. The zero-order valence-electron chi connectivity index (χ0n) is 13.6. The molecular formula is C15H31N3O2. The molecule has 0 aromatic rings. The van der Waals surface area contributed by atoms with Crippen molar-refractivity contribution in [3.63, 3.8) is 0 Å². The second-order valence-electron chi connectivity index (χ2n) is 7.07. The van der Waals surface area contributed by atoms with Crippen LogP contribution in [0.5, 0.6) is 0 Å². The Kier molecular flexibility index (Phi) is 6.76. The van der Waals surface area contributed by atoms with Crippen LogP contribution in [0, 0.1) is 5.92 Å². The van der Waals surface area contributed by atoms with Gasteiger partial charge in [0.2, 0.25) is 0 Å². The molecule has 1 aliphatic heterocycles. The van der Waals surface area contributed by atoms with Crippen molar-refractivity contribution in [2.75, 3.05) is 19.6 Å². The van der Waals surface area contributed by atoms with E-state index in [1.54, 1.807) is 0 Å². The molecule has 1 rings (SSSR count). The lowest BCUT2D eigenvalue weighted by molar-refractivity contribution is 0.0520. The van der Waals surface area contributed by atoms with Crippen LogP contribution in [0.2, 0.25) is 0 Å². The molecule has 3 N–H and O–H groups in total. The summed E-state index contributed by atoms with van der Waals surface area (Å²) >= 11 is 0. The van der Waals surface area contributed by atoms with Gasteiger partial charge in [0, 0.05) is 25.2 Å². The van der Waals surface area contributed by atoms with E-state index < -0.39 is 5.60 Å². The number of hydrogen-bond acceptors (Lipinski definition) is 4. The summed E-state index contributed by atoms with van der Waals surface area (Å²) in [4.78, 5) is 11.7. The lowest BCUT2D eigenvalue weighted by atomic mass is 10.0. The fraction of sp³-hybridized carbons (Fsp3) is 0.933. The number of carbonyl (C=O) groups is 1. The summed E-state index contributed by atoms with van der Waals surface area (Å²) in [6.07, 6.45) is 1.87. The predicted molar refractivity (Wildman–Crippen MR) is 81.9 cm³/mol. The third kappa shape index (κ3) is 7.70. The number of alkyl carbamates (subject to hydrolysis) is 1. The van der Waals surface area contributed by atoms with Gasteiger partial charge in [0.15, 0.2) is 0 Å². The fourth-order valence-corrected chi connectivity index (χ4v) is 2.43.